The number of nitrogens with two attached hydrogens (primary N) is 1. The topological polar surface area (TPSA) is 84.2 Å². The van der Waals surface area contributed by atoms with Gasteiger partial charge in [-0.15, -0.1) is 0 Å². The van der Waals surface area contributed by atoms with Crippen molar-refractivity contribution in [3.05, 3.63) is 35.4 Å². The van der Waals surface area contributed by atoms with Gasteiger partial charge in [0.25, 0.3) is 5.91 Å². The number of benzene rings is 1. The van der Waals surface area contributed by atoms with E-state index in [0.717, 1.165) is 12.0 Å². The minimum Gasteiger partial charge on any atom is -0.350 e. The van der Waals surface area contributed by atoms with Crippen LogP contribution in [0.3, 0.4) is 0 Å². The zero-order chi connectivity index (χ0) is 18.3. The van der Waals surface area contributed by atoms with Crippen molar-refractivity contribution in [3.63, 3.8) is 0 Å². The molecule has 1 aromatic carbocycles. The highest BCUT2D eigenvalue weighted by Gasteiger charge is 2.24. The van der Waals surface area contributed by atoms with E-state index in [1.807, 2.05) is 32.9 Å². The second-order valence-electron chi connectivity index (χ2n) is 6.85. The molecule has 4 N–H and O–H groups in total. The first kappa shape index (κ1) is 20.2. The molecule has 5 heteroatoms. The Morgan fingerprint density at radius 1 is 1.12 bits per heavy atom. The van der Waals surface area contributed by atoms with Crippen LogP contribution in [0.15, 0.2) is 24.3 Å². The van der Waals surface area contributed by atoms with E-state index in [2.05, 4.69) is 24.5 Å². The highest BCUT2D eigenvalue weighted by atomic mass is 16.2. The van der Waals surface area contributed by atoms with Gasteiger partial charge in [0.15, 0.2) is 0 Å². The Bertz CT molecular complexity index is 540. The maximum atomic E-state index is 12.3. The van der Waals surface area contributed by atoms with Crippen LogP contribution in [0.4, 0.5) is 0 Å². The molecule has 0 unspecified atom stereocenters. The first-order chi connectivity index (χ1) is 11.3. The number of hydrogen-bond acceptors (Lipinski definition) is 3. The molecule has 0 spiro atoms. The third-order valence-corrected chi connectivity index (χ3v) is 4.48. The molecule has 134 valence electrons. The highest BCUT2D eigenvalue weighted by Crippen LogP contribution is 2.09. The van der Waals surface area contributed by atoms with E-state index in [1.165, 1.54) is 0 Å². The number of carbonyl (C=O) groups excluding carboxylic acids is 2. The molecule has 0 heterocycles. The molecule has 3 atom stereocenters. The molecule has 0 saturated heterocycles. The molecule has 24 heavy (non-hydrogen) atoms. The molecule has 1 rings (SSSR count). The monoisotopic (exact) mass is 333 g/mol. The average Bonchev–Trinajstić information content (AvgIpc) is 2.57. The number of amides is 2. The van der Waals surface area contributed by atoms with Gasteiger partial charge in [0, 0.05) is 18.2 Å². The van der Waals surface area contributed by atoms with Crippen LogP contribution in [0.2, 0.25) is 0 Å². The Labute approximate surface area is 145 Å². The molecule has 1 aromatic rings. The van der Waals surface area contributed by atoms with Crippen LogP contribution >= 0.6 is 0 Å². The number of hydrogen-bond donors (Lipinski definition) is 3. The summed E-state index contributed by atoms with van der Waals surface area (Å²) in [5.74, 6) is 0.0157. The summed E-state index contributed by atoms with van der Waals surface area (Å²) >= 11 is 0. The minimum absolute atomic E-state index is 0.0738. The Kier molecular flexibility index (Phi) is 7.92. The molecule has 0 radical (unpaired) electrons. The van der Waals surface area contributed by atoms with Gasteiger partial charge in [-0.05, 0) is 30.9 Å². The van der Waals surface area contributed by atoms with Gasteiger partial charge in [0.1, 0.15) is 0 Å². The van der Waals surface area contributed by atoms with Crippen LogP contribution in [-0.2, 0) is 4.79 Å². The van der Waals surface area contributed by atoms with Gasteiger partial charge in [-0.3, -0.25) is 9.59 Å². The summed E-state index contributed by atoms with van der Waals surface area (Å²) in [6.45, 7) is 10.3. The zero-order valence-electron chi connectivity index (χ0n) is 15.4. The van der Waals surface area contributed by atoms with Gasteiger partial charge < -0.3 is 16.4 Å². The third-order valence-electron chi connectivity index (χ3n) is 4.48. The average molecular weight is 333 g/mol. The molecule has 0 aliphatic heterocycles. The lowest BCUT2D eigenvalue weighted by Gasteiger charge is -2.27. The number of aryl methyl sites for hydroxylation is 1. The van der Waals surface area contributed by atoms with Crippen molar-refractivity contribution in [3.8, 4) is 0 Å². The van der Waals surface area contributed by atoms with Crippen molar-refractivity contribution in [2.24, 2.45) is 17.6 Å². The number of carbonyl (C=O) groups is 2. The quantitative estimate of drug-likeness (QED) is 0.682. The van der Waals surface area contributed by atoms with E-state index in [9.17, 15) is 9.59 Å². The minimum atomic E-state index is -0.538. The molecule has 2 amide bonds. The van der Waals surface area contributed by atoms with Crippen molar-refractivity contribution < 1.29 is 9.59 Å². The summed E-state index contributed by atoms with van der Waals surface area (Å²) in [7, 11) is 0. The standard InChI is InChI=1S/C19H31N3O2/c1-6-14(5)16(22-19(24)17(20)12(2)3)11-21-18(23)15-9-7-13(4)8-10-15/h7-10,12,14,16-17H,6,11,20H2,1-5H3,(H,21,23)(H,22,24)/t14-,16+,17-/m0/s1. The van der Waals surface area contributed by atoms with E-state index in [0.29, 0.717) is 12.1 Å². The molecular formula is C19H31N3O2. The van der Waals surface area contributed by atoms with Gasteiger partial charge in [-0.1, -0.05) is 51.8 Å². The fourth-order valence-electron chi connectivity index (χ4n) is 2.27. The highest BCUT2D eigenvalue weighted by molar-refractivity contribution is 5.94. The number of rotatable bonds is 8. The molecule has 0 aliphatic carbocycles. The fraction of sp³-hybridized carbons (Fsp3) is 0.579. The maximum Gasteiger partial charge on any atom is 0.251 e. The molecule has 0 fully saturated rings. The van der Waals surface area contributed by atoms with Crippen LogP contribution in [0.25, 0.3) is 0 Å². The summed E-state index contributed by atoms with van der Waals surface area (Å²) in [5.41, 5.74) is 7.64. The van der Waals surface area contributed by atoms with Crippen molar-refractivity contribution in [1.82, 2.24) is 10.6 Å². The predicted octanol–water partition coefficient (Wildman–Crippen LogP) is 2.24. The fourth-order valence-corrected chi connectivity index (χ4v) is 2.27. The third kappa shape index (κ3) is 5.96. The van der Waals surface area contributed by atoms with Crippen LogP contribution in [-0.4, -0.2) is 30.4 Å². The van der Waals surface area contributed by atoms with Gasteiger partial charge in [0.05, 0.1) is 6.04 Å². The van der Waals surface area contributed by atoms with E-state index < -0.39 is 6.04 Å². The van der Waals surface area contributed by atoms with Gasteiger partial charge in [-0.25, -0.2) is 0 Å². The smallest absolute Gasteiger partial charge is 0.251 e. The molecule has 0 aromatic heterocycles. The largest absolute Gasteiger partial charge is 0.350 e. The Hall–Kier alpha value is -1.88. The van der Waals surface area contributed by atoms with Gasteiger partial charge in [0.2, 0.25) is 5.91 Å². The lowest BCUT2D eigenvalue weighted by Crippen LogP contribution is -2.53. The van der Waals surface area contributed by atoms with E-state index in [4.69, 9.17) is 5.73 Å². The summed E-state index contributed by atoms with van der Waals surface area (Å²) in [6.07, 6.45) is 0.905. The van der Waals surface area contributed by atoms with Crippen molar-refractivity contribution in [2.75, 3.05) is 6.54 Å². The number of nitrogens with one attached hydrogen (secondary N) is 2. The predicted molar refractivity (Wildman–Crippen MR) is 97.7 cm³/mol. The first-order valence-corrected chi connectivity index (χ1v) is 8.67. The maximum absolute atomic E-state index is 12.3. The van der Waals surface area contributed by atoms with Crippen LogP contribution in [0.1, 0.15) is 50.0 Å². The molecule has 5 nitrogen and oxygen atoms in total. The second-order valence-corrected chi connectivity index (χ2v) is 6.85. The Balaban J connectivity index is 2.67. The lowest BCUT2D eigenvalue weighted by atomic mass is 9.97. The van der Waals surface area contributed by atoms with E-state index in [-0.39, 0.29) is 29.7 Å². The molecule has 0 aliphatic rings. The second kappa shape index (κ2) is 9.42. The normalized spacial score (nSPS) is 14.8. The SMILES string of the molecule is CC[C@H](C)[C@@H](CNC(=O)c1ccc(C)cc1)NC(=O)[C@@H](N)C(C)C. The summed E-state index contributed by atoms with van der Waals surface area (Å²) in [4.78, 5) is 24.5. The first-order valence-electron chi connectivity index (χ1n) is 8.67. The van der Waals surface area contributed by atoms with Crippen LogP contribution in [0.5, 0.6) is 0 Å². The van der Waals surface area contributed by atoms with Crippen LogP contribution in [0, 0.1) is 18.8 Å². The van der Waals surface area contributed by atoms with E-state index >= 15 is 0 Å². The Morgan fingerprint density at radius 3 is 2.21 bits per heavy atom. The Morgan fingerprint density at radius 2 is 1.71 bits per heavy atom. The van der Waals surface area contributed by atoms with Crippen molar-refractivity contribution in [1.29, 1.82) is 0 Å². The van der Waals surface area contributed by atoms with Gasteiger partial charge >= 0.3 is 0 Å². The molecule has 0 saturated carbocycles. The van der Waals surface area contributed by atoms with Crippen LogP contribution < -0.4 is 16.4 Å². The molecular weight excluding hydrogens is 302 g/mol. The summed E-state index contributed by atoms with van der Waals surface area (Å²) in [6, 6.07) is 6.74. The summed E-state index contributed by atoms with van der Waals surface area (Å²) in [5, 5.41) is 5.90. The zero-order valence-corrected chi connectivity index (χ0v) is 15.4. The van der Waals surface area contributed by atoms with Crippen molar-refractivity contribution in [2.45, 2.75) is 53.1 Å². The molecule has 0 bridgehead atoms. The van der Waals surface area contributed by atoms with Gasteiger partial charge in [-0.2, -0.15) is 0 Å². The lowest BCUT2D eigenvalue weighted by molar-refractivity contribution is -0.124. The van der Waals surface area contributed by atoms with E-state index in [1.54, 1.807) is 12.1 Å². The summed E-state index contributed by atoms with van der Waals surface area (Å²) < 4.78 is 0. The van der Waals surface area contributed by atoms with Crippen molar-refractivity contribution >= 4 is 11.8 Å².